The highest BCUT2D eigenvalue weighted by Crippen LogP contribution is 2.24. The summed E-state index contributed by atoms with van der Waals surface area (Å²) in [5, 5.41) is 2.55. The number of ether oxygens (including phenoxy) is 1. The van der Waals surface area contributed by atoms with Gasteiger partial charge in [0.25, 0.3) is 6.43 Å². The Kier molecular flexibility index (Phi) is 9.04. The van der Waals surface area contributed by atoms with Crippen LogP contribution in [0.4, 0.5) is 22.4 Å². The van der Waals surface area contributed by atoms with Crippen molar-refractivity contribution in [3.05, 3.63) is 34.9 Å². The summed E-state index contributed by atoms with van der Waals surface area (Å²) in [5.41, 5.74) is -1.02. The number of rotatable bonds is 3. The molecule has 23 heavy (non-hydrogen) atoms. The molecule has 0 heterocycles. The predicted octanol–water partition coefficient (Wildman–Crippen LogP) is 4.65. The normalized spacial score (nSPS) is 10.9. The highest BCUT2D eigenvalue weighted by atomic mass is 32.1. The topological polar surface area (TPSA) is 38.3 Å². The number of carbonyl (C=O) groups is 1. The Bertz CT molecular complexity index is 519. The van der Waals surface area contributed by atoms with Gasteiger partial charge in [-0.1, -0.05) is 0 Å². The monoisotopic (exact) mass is 355 g/mol. The third-order valence-electron chi connectivity index (χ3n) is 2.22. The molecule has 0 fully saturated rings. The Morgan fingerprint density at radius 2 is 1.87 bits per heavy atom. The van der Waals surface area contributed by atoms with Gasteiger partial charge in [0.05, 0.1) is 5.56 Å². The zero-order valence-electron chi connectivity index (χ0n) is 13.4. The van der Waals surface area contributed by atoms with Gasteiger partial charge in [-0.05, 0) is 45.4 Å². The molecule has 3 nitrogen and oxygen atoms in total. The number of carbonyl (C=O) groups excluding carboxylic acids is 1. The molecule has 8 heteroatoms. The number of nitrogens with one attached hydrogen (secondary N) is 1. The van der Waals surface area contributed by atoms with E-state index in [-0.39, 0.29) is 11.7 Å². The number of halogens is 4. The molecule has 0 aliphatic carbocycles. The number of thiol groups is 1. The zero-order valence-corrected chi connectivity index (χ0v) is 14.3. The molecule has 0 saturated carbocycles. The average Bonchev–Trinajstić information content (AvgIpc) is 2.39. The van der Waals surface area contributed by atoms with Crippen LogP contribution in [0.1, 0.15) is 38.3 Å². The van der Waals surface area contributed by atoms with Crippen LogP contribution in [-0.2, 0) is 4.74 Å². The van der Waals surface area contributed by atoms with Crippen molar-refractivity contribution in [2.75, 3.05) is 12.3 Å². The molecular weight excluding hydrogens is 334 g/mol. The number of benzene rings is 1. The molecular formula is C15H21F4NO2S. The van der Waals surface area contributed by atoms with E-state index in [0.717, 1.165) is 12.1 Å². The third kappa shape index (κ3) is 9.32. The summed E-state index contributed by atoms with van der Waals surface area (Å²) in [6, 6.07) is 1.81. The predicted molar refractivity (Wildman–Crippen MR) is 84.1 cm³/mol. The fourth-order valence-electron chi connectivity index (χ4n) is 1.38. The highest BCUT2D eigenvalue weighted by Gasteiger charge is 2.17. The maximum absolute atomic E-state index is 12.6. The second kappa shape index (κ2) is 9.64. The van der Waals surface area contributed by atoms with E-state index in [1.54, 1.807) is 0 Å². The van der Waals surface area contributed by atoms with E-state index < -0.39 is 29.2 Å². The fraction of sp³-hybridized carbons (Fsp3) is 0.533. The van der Waals surface area contributed by atoms with E-state index in [0.29, 0.717) is 12.3 Å². The standard InChI is InChI=1S/C8H6F4.C7H15NO2S/c1-4-2-5(8(11)12)7(10)6(9)3-4;1-7(2,3)10-6(9)8-4-5-11/h2-3,8H,1H3;11H,4-5H2,1-3H3,(H,8,9). The SMILES string of the molecule is CC(C)(C)OC(=O)NCCS.Cc1cc(F)c(F)c(C(F)F)c1. The van der Waals surface area contributed by atoms with Gasteiger partial charge in [0, 0.05) is 12.3 Å². The second-order valence-corrected chi connectivity index (χ2v) is 6.05. The first kappa shape index (κ1) is 21.6. The zero-order chi connectivity index (χ0) is 18.2. The summed E-state index contributed by atoms with van der Waals surface area (Å²) in [6.45, 7) is 7.44. The van der Waals surface area contributed by atoms with Crippen LogP contribution in [0, 0.1) is 18.6 Å². The van der Waals surface area contributed by atoms with E-state index in [9.17, 15) is 22.4 Å². The molecule has 0 saturated heterocycles. The average molecular weight is 355 g/mol. The Morgan fingerprint density at radius 1 is 1.30 bits per heavy atom. The van der Waals surface area contributed by atoms with Crippen LogP contribution >= 0.6 is 12.6 Å². The number of aryl methyl sites for hydroxylation is 1. The Balaban J connectivity index is 0.000000423. The van der Waals surface area contributed by atoms with Crippen LogP contribution in [0.15, 0.2) is 12.1 Å². The molecule has 0 bridgehead atoms. The van der Waals surface area contributed by atoms with Crippen molar-refractivity contribution in [3.8, 4) is 0 Å². The van der Waals surface area contributed by atoms with Crippen molar-refractivity contribution in [3.63, 3.8) is 0 Å². The molecule has 0 aliphatic rings. The quantitative estimate of drug-likeness (QED) is 0.612. The van der Waals surface area contributed by atoms with Gasteiger partial charge in [0.2, 0.25) is 0 Å². The van der Waals surface area contributed by atoms with E-state index in [1.165, 1.54) is 6.92 Å². The fourth-order valence-corrected chi connectivity index (χ4v) is 1.49. The van der Waals surface area contributed by atoms with Gasteiger partial charge in [-0.15, -0.1) is 0 Å². The Morgan fingerprint density at radius 3 is 2.30 bits per heavy atom. The number of alkyl carbamates (subject to hydrolysis) is 1. The van der Waals surface area contributed by atoms with E-state index in [1.807, 2.05) is 20.8 Å². The third-order valence-corrected chi connectivity index (χ3v) is 2.44. The maximum atomic E-state index is 12.6. The van der Waals surface area contributed by atoms with Crippen molar-refractivity contribution in [1.29, 1.82) is 0 Å². The van der Waals surface area contributed by atoms with Crippen molar-refractivity contribution < 1.29 is 27.1 Å². The largest absolute Gasteiger partial charge is 0.444 e. The highest BCUT2D eigenvalue weighted by molar-refractivity contribution is 7.80. The van der Waals surface area contributed by atoms with Gasteiger partial charge in [-0.2, -0.15) is 12.6 Å². The molecule has 0 aromatic heterocycles. The lowest BCUT2D eigenvalue weighted by molar-refractivity contribution is 0.0531. The summed E-state index contributed by atoms with van der Waals surface area (Å²) in [7, 11) is 0. The summed E-state index contributed by atoms with van der Waals surface area (Å²) < 4.78 is 54.0. The van der Waals surface area contributed by atoms with Gasteiger partial charge in [-0.25, -0.2) is 22.4 Å². The number of amides is 1. The molecule has 1 aromatic rings. The Labute approximate surface area is 138 Å². The van der Waals surface area contributed by atoms with E-state index >= 15 is 0 Å². The molecule has 1 N–H and O–H groups in total. The first-order valence-electron chi connectivity index (χ1n) is 6.79. The summed E-state index contributed by atoms with van der Waals surface area (Å²) in [5.74, 6) is -2.07. The first-order chi connectivity index (χ1) is 10.5. The molecule has 0 unspecified atom stereocenters. The van der Waals surface area contributed by atoms with Crippen LogP contribution in [0.5, 0.6) is 0 Å². The lowest BCUT2D eigenvalue weighted by Crippen LogP contribution is -2.33. The van der Waals surface area contributed by atoms with Gasteiger partial charge < -0.3 is 10.1 Å². The lowest BCUT2D eigenvalue weighted by atomic mass is 10.1. The second-order valence-electron chi connectivity index (χ2n) is 5.60. The number of alkyl halides is 2. The molecule has 0 spiro atoms. The van der Waals surface area contributed by atoms with E-state index in [4.69, 9.17) is 4.74 Å². The van der Waals surface area contributed by atoms with Crippen molar-refractivity contribution >= 4 is 18.7 Å². The molecule has 0 radical (unpaired) electrons. The van der Waals surface area contributed by atoms with Crippen molar-refractivity contribution in [1.82, 2.24) is 5.32 Å². The van der Waals surface area contributed by atoms with Crippen LogP contribution in [0.2, 0.25) is 0 Å². The molecule has 0 aliphatic heterocycles. The minimum atomic E-state index is -2.97. The summed E-state index contributed by atoms with van der Waals surface area (Å²) >= 11 is 3.94. The summed E-state index contributed by atoms with van der Waals surface area (Å²) in [4.78, 5) is 10.9. The van der Waals surface area contributed by atoms with Gasteiger partial charge in [0.15, 0.2) is 11.6 Å². The molecule has 132 valence electrons. The number of hydrogen-bond donors (Lipinski definition) is 2. The first-order valence-corrected chi connectivity index (χ1v) is 7.42. The van der Waals surface area contributed by atoms with Crippen molar-refractivity contribution in [2.24, 2.45) is 0 Å². The van der Waals surface area contributed by atoms with Crippen LogP contribution in [-0.4, -0.2) is 24.0 Å². The van der Waals surface area contributed by atoms with E-state index in [2.05, 4.69) is 17.9 Å². The molecule has 1 amide bonds. The maximum Gasteiger partial charge on any atom is 0.407 e. The van der Waals surface area contributed by atoms with Gasteiger partial charge >= 0.3 is 6.09 Å². The van der Waals surface area contributed by atoms with Crippen LogP contribution < -0.4 is 5.32 Å². The minimum absolute atomic E-state index is 0.282. The minimum Gasteiger partial charge on any atom is -0.444 e. The van der Waals surface area contributed by atoms with Gasteiger partial charge in [-0.3, -0.25) is 0 Å². The molecule has 1 rings (SSSR count). The number of hydrogen-bond acceptors (Lipinski definition) is 3. The smallest absolute Gasteiger partial charge is 0.407 e. The lowest BCUT2D eigenvalue weighted by Gasteiger charge is -2.19. The van der Waals surface area contributed by atoms with Gasteiger partial charge in [0.1, 0.15) is 5.60 Å². The van der Waals surface area contributed by atoms with Crippen LogP contribution in [0.25, 0.3) is 0 Å². The Hall–Kier alpha value is -1.44. The summed E-state index contributed by atoms with van der Waals surface area (Å²) in [6.07, 6.45) is -3.36. The van der Waals surface area contributed by atoms with Crippen LogP contribution in [0.3, 0.4) is 0 Å². The molecule has 1 aromatic carbocycles. The van der Waals surface area contributed by atoms with Crippen molar-refractivity contribution in [2.45, 2.75) is 39.7 Å². The molecule has 0 atom stereocenters.